The van der Waals surface area contributed by atoms with Crippen LogP contribution >= 0.6 is 17.0 Å². The molecule has 2 aromatic carbocycles. The van der Waals surface area contributed by atoms with E-state index < -0.39 is 0 Å². The van der Waals surface area contributed by atoms with E-state index in [2.05, 4.69) is 50.5 Å². The summed E-state index contributed by atoms with van der Waals surface area (Å²) in [5.41, 5.74) is 28.6. The highest BCUT2D eigenvalue weighted by Gasteiger charge is 2.11. The summed E-state index contributed by atoms with van der Waals surface area (Å²) in [6, 6.07) is 14.4. The van der Waals surface area contributed by atoms with Gasteiger partial charge in [0.25, 0.3) is 11.8 Å². The van der Waals surface area contributed by atoms with E-state index in [1.165, 1.54) is 9.80 Å². The lowest BCUT2D eigenvalue weighted by Gasteiger charge is -2.11. The molecule has 2 amide bonds. The Morgan fingerprint density at radius 2 is 0.922 bits per heavy atom. The van der Waals surface area contributed by atoms with Crippen molar-refractivity contribution in [1.29, 1.82) is 0 Å². The zero-order chi connectivity index (χ0) is 35.9. The van der Waals surface area contributed by atoms with Crippen LogP contribution in [0.25, 0.3) is 22.3 Å². The van der Waals surface area contributed by atoms with Crippen LogP contribution in [0.3, 0.4) is 0 Å². The van der Waals surface area contributed by atoms with E-state index in [4.69, 9.17) is 22.9 Å². The number of anilines is 6. The van der Waals surface area contributed by atoms with E-state index in [1.54, 1.807) is 64.8 Å². The number of nitrogens with zero attached hydrogens (tertiary/aromatic N) is 10. The van der Waals surface area contributed by atoms with Crippen molar-refractivity contribution in [1.82, 2.24) is 49.7 Å². The summed E-state index contributed by atoms with van der Waals surface area (Å²) in [6.45, 7) is 0.876. The Morgan fingerprint density at radius 1 is 0.569 bits per heavy atom. The van der Waals surface area contributed by atoms with Crippen molar-refractivity contribution < 1.29 is 9.59 Å². The van der Waals surface area contributed by atoms with Gasteiger partial charge in [-0.2, -0.15) is 19.9 Å². The summed E-state index contributed by atoms with van der Waals surface area (Å²) < 4.78 is 0. The van der Waals surface area contributed by atoms with Gasteiger partial charge in [-0.15, -0.1) is 17.0 Å². The lowest BCUT2D eigenvalue weighted by molar-refractivity contribution is 0.0820. The number of nitrogen functional groups attached to an aromatic ring is 4. The van der Waals surface area contributed by atoms with Crippen LogP contribution in [0.1, 0.15) is 32.1 Å². The molecule has 0 aliphatic heterocycles. The molecule has 10 N–H and O–H groups in total. The van der Waals surface area contributed by atoms with Gasteiger partial charge in [0.2, 0.25) is 11.9 Å². The fourth-order valence-corrected chi connectivity index (χ4v) is 4.50. The molecule has 18 nitrogen and oxygen atoms in total. The molecule has 264 valence electrons. The minimum atomic E-state index is -0.0401. The van der Waals surface area contributed by atoms with Crippen LogP contribution < -0.4 is 33.6 Å². The Hall–Kier alpha value is -6.50. The molecule has 0 aliphatic carbocycles. The van der Waals surface area contributed by atoms with Gasteiger partial charge in [0.15, 0.2) is 34.0 Å². The third kappa shape index (κ3) is 9.35. The van der Waals surface area contributed by atoms with Gasteiger partial charge in [0.05, 0.1) is 36.9 Å². The quantitative estimate of drug-likeness (QED) is 0.130. The van der Waals surface area contributed by atoms with Gasteiger partial charge < -0.3 is 43.4 Å². The molecule has 51 heavy (non-hydrogen) atoms. The first-order chi connectivity index (χ1) is 23.9. The molecule has 6 rings (SSSR count). The molecule has 6 aromatic rings. The zero-order valence-electron chi connectivity index (χ0n) is 28.2. The van der Waals surface area contributed by atoms with Gasteiger partial charge in [-0.1, -0.05) is 0 Å². The molecule has 0 radical (unpaired) electrons. The van der Waals surface area contributed by atoms with Crippen molar-refractivity contribution >= 4 is 86.0 Å². The van der Waals surface area contributed by atoms with Gasteiger partial charge in [0, 0.05) is 50.7 Å². The first-order valence-corrected chi connectivity index (χ1v) is 15.1. The van der Waals surface area contributed by atoms with Gasteiger partial charge in [0.1, 0.15) is 0 Å². The Kier molecular flexibility index (Phi) is 11.9. The van der Waals surface area contributed by atoms with Crippen LogP contribution in [0.2, 0.25) is 0 Å². The van der Waals surface area contributed by atoms with Crippen LogP contribution in [0.4, 0.5) is 34.9 Å². The number of hydrogen-bond acceptors (Lipinski definition) is 16. The lowest BCUT2D eigenvalue weighted by atomic mass is 10.2. The molecule has 0 atom stereocenters. The maximum Gasteiger partial charge on any atom is 0.253 e. The Balaban J connectivity index is 0.000000224. The summed E-state index contributed by atoms with van der Waals surface area (Å²) in [5, 5.41) is 6.44. The fraction of sp³-hybridized carbons (Fsp3) is 0.188. The number of amides is 2. The molecule has 0 saturated heterocycles. The molecular weight excluding hydrogens is 720 g/mol. The lowest BCUT2D eigenvalue weighted by Crippen LogP contribution is -2.21. The number of carbonyl (C=O) groups is 2. The highest BCUT2D eigenvalue weighted by molar-refractivity contribution is 8.93. The molecule has 19 heteroatoms. The van der Waals surface area contributed by atoms with E-state index in [0.29, 0.717) is 57.9 Å². The fourth-order valence-electron chi connectivity index (χ4n) is 4.50. The summed E-state index contributed by atoms with van der Waals surface area (Å²) >= 11 is 0. The second kappa shape index (κ2) is 16.3. The van der Waals surface area contributed by atoms with Gasteiger partial charge in [-0.25, -0.2) is 19.9 Å². The number of rotatable bonds is 8. The molecule has 0 fully saturated rings. The van der Waals surface area contributed by atoms with Gasteiger partial charge in [-0.3, -0.25) is 9.59 Å². The first-order valence-electron chi connectivity index (χ1n) is 15.1. The smallest absolute Gasteiger partial charge is 0.253 e. The second-order valence-corrected chi connectivity index (χ2v) is 11.3. The Morgan fingerprint density at radius 3 is 1.25 bits per heavy atom. The van der Waals surface area contributed by atoms with E-state index in [9.17, 15) is 9.59 Å². The first kappa shape index (κ1) is 37.3. The topological polar surface area (TPSA) is 272 Å². The van der Waals surface area contributed by atoms with Crippen LogP contribution in [0, 0.1) is 0 Å². The van der Waals surface area contributed by atoms with Crippen molar-refractivity contribution in [3.05, 3.63) is 83.4 Å². The molecule has 4 aromatic heterocycles. The molecule has 0 spiro atoms. The number of nitrogens with one attached hydrogen (secondary N) is 2. The number of nitrogens with two attached hydrogens (primary N) is 4. The minimum absolute atomic E-state index is 0. The maximum atomic E-state index is 11.9. The average Bonchev–Trinajstić information content (AvgIpc) is 3.10. The second-order valence-electron chi connectivity index (χ2n) is 11.3. The number of halogens is 1. The van der Waals surface area contributed by atoms with Crippen LogP contribution in [-0.4, -0.2) is 89.7 Å². The monoisotopic (exact) mass is 756 g/mol. The van der Waals surface area contributed by atoms with Crippen molar-refractivity contribution in [2.24, 2.45) is 0 Å². The highest BCUT2D eigenvalue weighted by Crippen LogP contribution is 2.18. The summed E-state index contributed by atoms with van der Waals surface area (Å²) in [5.74, 6) is 0.449. The molecule has 4 heterocycles. The third-order valence-electron chi connectivity index (χ3n) is 7.03. The maximum absolute atomic E-state index is 11.9. The zero-order valence-corrected chi connectivity index (χ0v) is 29.9. The number of hydrogen-bond donors (Lipinski definition) is 6. The summed E-state index contributed by atoms with van der Waals surface area (Å²) in [6.07, 6.45) is 3.20. The number of benzene rings is 2. The van der Waals surface area contributed by atoms with Gasteiger partial charge >= 0.3 is 0 Å². The van der Waals surface area contributed by atoms with Crippen LogP contribution in [0.15, 0.2) is 60.9 Å². The standard InChI is InChI=1S/2C16H18N8O.BrH/c2*1-24(2)15(25)9-3-5-10(6-4-9)19-7-11-8-20-14-12(21-11)13(17)22-16(18)23-14;/h2*3-6,8,19H,7H2,1-2H3,(H4,17,18,20,22,23);1H. The van der Waals surface area contributed by atoms with E-state index in [-0.39, 0.29) is 52.3 Å². The average molecular weight is 758 g/mol. The van der Waals surface area contributed by atoms with Crippen LogP contribution in [0.5, 0.6) is 0 Å². The molecule has 0 aliphatic rings. The number of fused-ring (bicyclic) bond motifs is 2. The van der Waals surface area contributed by atoms with Crippen LogP contribution in [-0.2, 0) is 13.1 Å². The molecular formula is C32H37BrN16O2. The largest absolute Gasteiger partial charge is 0.382 e. The Bertz CT molecular complexity index is 2010. The Labute approximate surface area is 302 Å². The van der Waals surface area contributed by atoms with E-state index in [1.807, 2.05) is 24.3 Å². The normalized spacial score (nSPS) is 10.4. The van der Waals surface area contributed by atoms with Crippen molar-refractivity contribution in [2.75, 3.05) is 61.8 Å². The van der Waals surface area contributed by atoms with Crippen molar-refractivity contribution in [2.45, 2.75) is 13.1 Å². The predicted molar refractivity (Wildman–Crippen MR) is 202 cm³/mol. The third-order valence-corrected chi connectivity index (χ3v) is 7.03. The van der Waals surface area contributed by atoms with Crippen molar-refractivity contribution in [3.8, 4) is 0 Å². The SMILES string of the molecule is Br.CN(C)C(=O)c1ccc(NCc2cnc3nc(N)nc(N)c3n2)cc1.CN(C)C(=O)c1ccc(NCc2cnc3nc(N)nc(N)c3n2)cc1. The summed E-state index contributed by atoms with van der Waals surface area (Å²) in [7, 11) is 6.87. The molecule has 0 unspecified atom stereocenters. The van der Waals surface area contributed by atoms with E-state index >= 15 is 0 Å². The molecule has 0 saturated carbocycles. The number of aromatic nitrogens is 8. The summed E-state index contributed by atoms with van der Waals surface area (Å²) in [4.78, 5) is 59.8. The van der Waals surface area contributed by atoms with Crippen molar-refractivity contribution in [3.63, 3.8) is 0 Å². The highest BCUT2D eigenvalue weighted by atomic mass is 79.9. The predicted octanol–water partition coefficient (Wildman–Crippen LogP) is 2.37. The van der Waals surface area contributed by atoms with Gasteiger partial charge in [-0.05, 0) is 48.5 Å². The van der Waals surface area contributed by atoms with E-state index in [0.717, 1.165) is 11.4 Å². The molecule has 0 bridgehead atoms. The minimum Gasteiger partial charge on any atom is -0.382 e. The number of carbonyl (C=O) groups excluding carboxylic acids is 2.